The number of nitrogens with one attached hydrogen (secondary N) is 2. The molecule has 1 saturated heterocycles. The van der Waals surface area contributed by atoms with Gasteiger partial charge < -0.3 is 10.2 Å². The van der Waals surface area contributed by atoms with Crippen molar-refractivity contribution in [2.75, 3.05) is 39.5 Å². The maximum Gasteiger partial charge on any atom is 0.208 e. The molecule has 0 amide bonds. The van der Waals surface area contributed by atoms with Gasteiger partial charge in [-0.25, -0.2) is 13.1 Å². The van der Waals surface area contributed by atoms with Crippen LogP contribution in [-0.2, 0) is 10.0 Å². The van der Waals surface area contributed by atoms with E-state index in [1.54, 1.807) is 0 Å². The number of likely N-dealkylation sites (N-methyl/N-ethyl adjacent to an activating group) is 1. The molecule has 102 valence electrons. The summed E-state index contributed by atoms with van der Waals surface area (Å²) in [5, 5.41) is 3.40. The van der Waals surface area contributed by atoms with Crippen molar-refractivity contribution in [3.8, 4) is 0 Å². The van der Waals surface area contributed by atoms with Crippen LogP contribution in [-0.4, -0.2) is 58.8 Å². The van der Waals surface area contributed by atoms with Crippen LogP contribution in [0.4, 0.5) is 0 Å². The molecule has 5 nitrogen and oxygen atoms in total. The zero-order valence-corrected chi connectivity index (χ0v) is 11.7. The molecule has 0 aliphatic carbocycles. The third kappa shape index (κ3) is 6.98. The molecule has 6 heteroatoms. The first-order chi connectivity index (χ1) is 7.99. The summed E-state index contributed by atoms with van der Waals surface area (Å²) >= 11 is 0. The van der Waals surface area contributed by atoms with Crippen molar-refractivity contribution in [3.63, 3.8) is 0 Å². The smallest absolute Gasteiger partial charge is 0.208 e. The minimum atomic E-state index is -3.03. The number of nitrogens with zero attached hydrogens (tertiary/aromatic N) is 1. The summed E-state index contributed by atoms with van der Waals surface area (Å²) in [6, 6.07) is 0.645. The molecule has 0 spiro atoms. The molecule has 1 heterocycles. The maximum absolute atomic E-state index is 10.8. The molecule has 1 atom stereocenters. The van der Waals surface area contributed by atoms with Crippen LogP contribution in [0.15, 0.2) is 0 Å². The lowest BCUT2D eigenvalue weighted by Gasteiger charge is -2.32. The quantitative estimate of drug-likeness (QED) is 0.635. The predicted molar refractivity (Wildman–Crippen MR) is 70.6 cm³/mol. The summed E-state index contributed by atoms with van der Waals surface area (Å²) in [4.78, 5) is 2.41. The average molecular weight is 263 g/mol. The Morgan fingerprint density at radius 1 is 1.29 bits per heavy atom. The summed E-state index contributed by atoms with van der Waals surface area (Å²) in [5.74, 6) is 0. The highest BCUT2D eigenvalue weighted by molar-refractivity contribution is 7.88. The number of hydrogen-bond acceptors (Lipinski definition) is 4. The molecule has 1 aliphatic heterocycles. The Morgan fingerprint density at radius 3 is 2.71 bits per heavy atom. The van der Waals surface area contributed by atoms with Crippen molar-refractivity contribution in [3.05, 3.63) is 0 Å². The standard InChI is InChI=1S/C11H25N3O2S/c1-14-9-4-3-6-11(14)10-12-7-5-8-13-17(2,15)16/h11-13H,3-10H2,1-2H3. The molecule has 0 aromatic rings. The molecule has 2 N–H and O–H groups in total. The number of hydrogen-bond donors (Lipinski definition) is 2. The van der Waals surface area contributed by atoms with Gasteiger partial charge in [-0.1, -0.05) is 6.42 Å². The molecule has 1 unspecified atom stereocenters. The lowest BCUT2D eigenvalue weighted by molar-refractivity contribution is 0.182. The predicted octanol–water partition coefficient (Wildman–Crippen LogP) is -0.000400. The van der Waals surface area contributed by atoms with Crippen LogP contribution < -0.4 is 10.0 Å². The summed E-state index contributed by atoms with van der Waals surface area (Å²) in [7, 11) is -0.849. The normalized spacial score (nSPS) is 22.8. The van der Waals surface area contributed by atoms with E-state index in [-0.39, 0.29) is 0 Å². The van der Waals surface area contributed by atoms with Gasteiger partial charge in [-0.3, -0.25) is 0 Å². The van der Waals surface area contributed by atoms with Crippen molar-refractivity contribution in [2.45, 2.75) is 31.7 Å². The summed E-state index contributed by atoms with van der Waals surface area (Å²) in [5.41, 5.74) is 0. The van der Waals surface area contributed by atoms with Gasteiger partial charge in [0.1, 0.15) is 0 Å². The molecule has 0 aromatic carbocycles. The Labute approximate surface area is 105 Å². The molecule has 0 aromatic heterocycles. The second kappa shape index (κ2) is 7.31. The topological polar surface area (TPSA) is 61.4 Å². The lowest BCUT2D eigenvalue weighted by Crippen LogP contribution is -2.43. The van der Waals surface area contributed by atoms with E-state index in [0.717, 1.165) is 19.5 Å². The van der Waals surface area contributed by atoms with Crippen molar-refractivity contribution >= 4 is 10.0 Å². The number of likely N-dealkylation sites (tertiary alicyclic amines) is 1. The monoisotopic (exact) mass is 263 g/mol. The molecular weight excluding hydrogens is 238 g/mol. The van der Waals surface area contributed by atoms with Crippen LogP contribution in [0.3, 0.4) is 0 Å². The number of piperidine rings is 1. The van der Waals surface area contributed by atoms with Crippen LogP contribution in [0, 0.1) is 0 Å². The molecule has 1 rings (SSSR count). The second-order valence-electron chi connectivity index (χ2n) is 4.85. The fourth-order valence-corrected chi connectivity index (χ4v) is 2.66. The largest absolute Gasteiger partial charge is 0.315 e. The highest BCUT2D eigenvalue weighted by Gasteiger charge is 2.17. The van der Waals surface area contributed by atoms with E-state index in [4.69, 9.17) is 0 Å². The Hall–Kier alpha value is -0.170. The lowest BCUT2D eigenvalue weighted by atomic mass is 10.0. The minimum absolute atomic E-state index is 0.520. The first-order valence-corrected chi connectivity index (χ1v) is 8.24. The average Bonchev–Trinajstić information content (AvgIpc) is 2.24. The van der Waals surface area contributed by atoms with Gasteiger partial charge >= 0.3 is 0 Å². The van der Waals surface area contributed by atoms with E-state index in [9.17, 15) is 8.42 Å². The number of rotatable bonds is 7. The summed E-state index contributed by atoms with van der Waals surface area (Å²) in [6.45, 7) is 3.59. The number of sulfonamides is 1. The Bertz CT molecular complexity index is 306. The van der Waals surface area contributed by atoms with Gasteiger partial charge in [0.15, 0.2) is 0 Å². The highest BCUT2D eigenvalue weighted by atomic mass is 32.2. The van der Waals surface area contributed by atoms with E-state index in [1.165, 1.54) is 32.1 Å². The Kier molecular flexibility index (Phi) is 6.40. The molecule has 1 fully saturated rings. The first kappa shape index (κ1) is 14.9. The van der Waals surface area contributed by atoms with Crippen molar-refractivity contribution < 1.29 is 8.42 Å². The summed E-state index contributed by atoms with van der Waals surface area (Å²) in [6.07, 6.45) is 5.93. The zero-order valence-electron chi connectivity index (χ0n) is 10.9. The highest BCUT2D eigenvalue weighted by Crippen LogP contribution is 2.13. The first-order valence-electron chi connectivity index (χ1n) is 6.34. The second-order valence-corrected chi connectivity index (χ2v) is 6.69. The third-order valence-corrected chi connectivity index (χ3v) is 3.92. The molecule has 1 aliphatic rings. The van der Waals surface area contributed by atoms with Gasteiger partial charge in [0, 0.05) is 19.1 Å². The van der Waals surface area contributed by atoms with E-state index in [1.807, 2.05) is 0 Å². The van der Waals surface area contributed by atoms with Crippen LogP contribution in [0.1, 0.15) is 25.7 Å². The van der Waals surface area contributed by atoms with Crippen LogP contribution >= 0.6 is 0 Å². The van der Waals surface area contributed by atoms with Crippen molar-refractivity contribution in [1.82, 2.24) is 14.9 Å². The molecule has 0 radical (unpaired) electrons. The van der Waals surface area contributed by atoms with Crippen LogP contribution in [0.5, 0.6) is 0 Å². The fraction of sp³-hybridized carbons (Fsp3) is 1.00. The molecular formula is C11H25N3O2S. The molecule has 0 bridgehead atoms. The maximum atomic E-state index is 10.8. The van der Waals surface area contributed by atoms with Gasteiger partial charge in [0.2, 0.25) is 10.0 Å². The van der Waals surface area contributed by atoms with Crippen LogP contribution in [0.25, 0.3) is 0 Å². The van der Waals surface area contributed by atoms with Gasteiger partial charge in [-0.15, -0.1) is 0 Å². The Morgan fingerprint density at radius 2 is 2.06 bits per heavy atom. The van der Waals surface area contributed by atoms with Gasteiger partial charge in [0.25, 0.3) is 0 Å². The van der Waals surface area contributed by atoms with Gasteiger partial charge in [-0.05, 0) is 39.4 Å². The van der Waals surface area contributed by atoms with E-state index >= 15 is 0 Å². The van der Waals surface area contributed by atoms with Crippen molar-refractivity contribution in [1.29, 1.82) is 0 Å². The summed E-state index contributed by atoms with van der Waals surface area (Å²) < 4.78 is 24.1. The SMILES string of the molecule is CN1CCCCC1CNCCCNS(C)(=O)=O. The zero-order chi connectivity index (χ0) is 12.7. The van der Waals surface area contributed by atoms with Gasteiger partial charge in [0.05, 0.1) is 6.26 Å². The molecule has 0 saturated carbocycles. The van der Waals surface area contributed by atoms with Crippen molar-refractivity contribution in [2.24, 2.45) is 0 Å². The third-order valence-electron chi connectivity index (χ3n) is 3.20. The fourth-order valence-electron chi connectivity index (χ4n) is 2.14. The Balaban J connectivity index is 2.00. The van der Waals surface area contributed by atoms with Crippen LogP contribution in [0.2, 0.25) is 0 Å². The van der Waals surface area contributed by atoms with E-state index < -0.39 is 10.0 Å². The minimum Gasteiger partial charge on any atom is -0.315 e. The van der Waals surface area contributed by atoms with E-state index in [0.29, 0.717) is 12.6 Å². The van der Waals surface area contributed by atoms with E-state index in [2.05, 4.69) is 22.0 Å². The molecule has 17 heavy (non-hydrogen) atoms. The van der Waals surface area contributed by atoms with Gasteiger partial charge in [-0.2, -0.15) is 0 Å².